The molecule has 186 valence electrons. The van der Waals surface area contributed by atoms with Crippen LogP contribution in [0.2, 0.25) is 0 Å². The number of hydrogen-bond acceptors (Lipinski definition) is 6. The van der Waals surface area contributed by atoms with Gasteiger partial charge in [-0.15, -0.1) is 0 Å². The van der Waals surface area contributed by atoms with Crippen molar-refractivity contribution in [2.24, 2.45) is 11.3 Å². The molecule has 3 aliphatic heterocycles. The standard InChI is InChI=1S/C29H30N2O5/c1-28(2)35-26(33)29(27(34)36-28,14-21-9-5-8-20-7-3-4-10-23(20)21)18-30-15-19-13-22(17-30)24-11-6-12-25(32)31(24)16-19/h3-12,19,22H,13-18H2,1-2H3/t19-,22+/m1/s1. The van der Waals surface area contributed by atoms with E-state index >= 15 is 0 Å². The summed E-state index contributed by atoms with van der Waals surface area (Å²) in [6, 6.07) is 19.4. The molecule has 2 atom stereocenters. The maximum absolute atomic E-state index is 13.7. The molecule has 1 aromatic heterocycles. The van der Waals surface area contributed by atoms with Gasteiger partial charge in [0.25, 0.3) is 11.3 Å². The average molecular weight is 487 g/mol. The highest BCUT2D eigenvalue weighted by Gasteiger charge is 2.57. The van der Waals surface area contributed by atoms with Crippen molar-refractivity contribution in [2.45, 2.75) is 44.9 Å². The first kappa shape index (κ1) is 23.0. The van der Waals surface area contributed by atoms with Crippen LogP contribution in [0, 0.1) is 11.3 Å². The van der Waals surface area contributed by atoms with Gasteiger partial charge in [-0.2, -0.15) is 0 Å². The summed E-state index contributed by atoms with van der Waals surface area (Å²) in [7, 11) is 0. The Bertz CT molecular complexity index is 1400. The van der Waals surface area contributed by atoms with E-state index in [1.165, 1.54) is 0 Å². The van der Waals surface area contributed by atoms with E-state index in [1.54, 1.807) is 19.9 Å². The molecule has 0 aliphatic carbocycles. The Balaban J connectivity index is 1.37. The third-order valence-electron chi connectivity index (χ3n) is 7.88. The molecule has 36 heavy (non-hydrogen) atoms. The second-order valence-electron chi connectivity index (χ2n) is 11.0. The van der Waals surface area contributed by atoms with Crippen molar-refractivity contribution in [1.29, 1.82) is 0 Å². The summed E-state index contributed by atoms with van der Waals surface area (Å²) >= 11 is 0. The molecule has 0 N–H and O–H groups in total. The molecule has 4 heterocycles. The average Bonchev–Trinajstić information content (AvgIpc) is 2.83. The van der Waals surface area contributed by atoms with Gasteiger partial charge >= 0.3 is 11.9 Å². The molecule has 6 rings (SSSR count). The molecule has 3 aliphatic rings. The van der Waals surface area contributed by atoms with E-state index in [-0.39, 0.29) is 30.4 Å². The Kier molecular flexibility index (Phi) is 5.30. The van der Waals surface area contributed by atoms with E-state index in [9.17, 15) is 14.4 Å². The van der Waals surface area contributed by atoms with Crippen LogP contribution in [-0.2, 0) is 32.0 Å². The van der Waals surface area contributed by atoms with Crippen molar-refractivity contribution in [3.8, 4) is 0 Å². The lowest BCUT2D eigenvalue weighted by molar-refractivity contribution is -0.252. The third-order valence-corrected chi connectivity index (χ3v) is 7.88. The summed E-state index contributed by atoms with van der Waals surface area (Å²) in [5, 5.41) is 2.06. The molecule has 0 unspecified atom stereocenters. The summed E-state index contributed by atoms with van der Waals surface area (Å²) in [6.07, 6.45) is 1.20. The van der Waals surface area contributed by atoms with Crippen molar-refractivity contribution in [3.63, 3.8) is 0 Å². The predicted octanol–water partition coefficient (Wildman–Crippen LogP) is 3.49. The fourth-order valence-electron chi connectivity index (χ4n) is 6.35. The first-order chi connectivity index (χ1) is 17.2. The van der Waals surface area contributed by atoms with Crippen LogP contribution in [0.5, 0.6) is 0 Å². The SMILES string of the molecule is CC1(C)OC(=O)C(Cc2cccc3ccccc23)(CN2C[C@H]3C[C@@H](C2)c2cccc(=O)n2C3)C(=O)O1. The number of esters is 2. The predicted molar refractivity (Wildman–Crippen MR) is 134 cm³/mol. The largest absolute Gasteiger partial charge is 0.422 e. The molecule has 2 bridgehead atoms. The minimum Gasteiger partial charge on any atom is -0.422 e. The number of nitrogens with zero attached hydrogens (tertiary/aromatic N) is 2. The zero-order valence-electron chi connectivity index (χ0n) is 20.6. The first-order valence-corrected chi connectivity index (χ1v) is 12.6. The van der Waals surface area contributed by atoms with E-state index in [2.05, 4.69) is 4.90 Å². The summed E-state index contributed by atoms with van der Waals surface area (Å²) < 4.78 is 13.3. The van der Waals surface area contributed by atoms with Gasteiger partial charge < -0.3 is 18.9 Å². The Morgan fingerprint density at radius 3 is 2.39 bits per heavy atom. The van der Waals surface area contributed by atoms with Gasteiger partial charge in [0.05, 0.1) is 0 Å². The number of ether oxygens (including phenoxy) is 2. The lowest BCUT2D eigenvalue weighted by Gasteiger charge is -2.47. The van der Waals surface area contributed by atoms with Crippen LogP contribution in [0.25, 0.3) is 10.8 Å². The number of likely N-dealkylation sites (tertiary alicyclic amines) is 1. The molecule has 0 spiro atoms. The van der Waals surface area contributed by atoms with Crippen molar-refractivity contribution in [3.05, 3.63) is 82.3 Å². The number of carbonyl (C=O) groups excluding carboxylic acids is 2. The fourth-order valence-corrected chi connectivity index (χ4v) is 6.35. The minimum absolute atomic E-state index is 0.0322. The van der Waals surface area contributed by atoms with Crippen LogP contribution < -0.4 is 5.56 Å². The minimum atomic E-state index is -1.47. The van der Waals surface area contributed by atoms with E-state index in [4.69, 9.17) is 9.47 Å². The number of cyclic esters (lactones) is 2. The molecular weight excluding hydrogens is 456 g/mol. The van der Waals surface area contributed by atoms with Gasteiger partial charge in [-0.3, -0.25) is 14.4 Å². The number of hydrogen-bond donors (Lipinski definition) is 0. The summed E-state index contributed by atoms with van der Waals surface area (Å²) in [5.41, 5.74) is 0.504. The van der Waals surface area contributed by atoms with Gasteiger partial charge in [0.15, 0.2) is 5.41 Å². The number of fused-ring (bicyclic) bond motifs is 5. The number of carbonyl (C=O) groups is 2. The molecule has 3 aromatic rings. The van der Waals surface area contributed by atoms with Gasteiger partial charge in [0.1, 0.15) is 0 Å². The number of rotatable bonds is 4. The first-order valence-electron chi connectivity index (χ1n) is 12.6. The van der Waals surface area contributed by atoms with Crippen LogP contribution in [0.1, 0.15) is 37.4 Å². The second-order valence-corrected chi connectivity index (χ2v) is 11.0. The topological polar surface area (TPSA) is 77.8 Å². The lowest BCUT2D eigenvalue weighted by Crippen LogP contribution is -2.61. The summed E-state index contributed by atoms with van der Waals surface area (Å²) in [6.45, 7) is 5.42. The molecule has 7 heteroatoms. The van der Waals surface area contributed by atoms with Crippen LogP contribution in [-0.4, -0.2) is 46.8 Å². The van der Waals surface area contributed by atoms with Crippen molar-refractivity contribution >= 4 is 22.7 Å². The summed E-state index contributed by atoms with van der Waals surface area (Å²) in [5.74, 6) is -1.92. The molecule has 7 nitrogen and oxygen atoms in total. The third kappa shape index (κ3) is 3.82. The van der Waals surface area contributed by atoms with Crippen LogP contribution >= 0.6 is 0 Å². The quantitative estimate of drug-likeness (QED) is 0.415. The highest BCUT2D eigenvalue weighted by Crippen LogP contribution is 2.41. The van der Waals surface area contributed by atoms with Crippen molar-refractivity contribution < 1.29 is 19.1 Å². The van der Waals surface area contributed by atoms with E-state index < -0.39 is 23.1 Å². The molecule has 2 fully saturated rings. The van der Waals surface area contributed by atoms with Crippen LogP contribution in [0.3, 0.4) is 0 Å². The van der Waals surface area contributed by atoms with Gasteiger partial charge in [-0.1, -0.05) is 48.5 Å². The zero-order chi connectivity index (χ0) is 25.1. The lowest BCUT2D eigenvalue weighted by atomic mass is 9.77. The molecule has 0 amide bonds. The monoisotopic (exact) mass is 486 g/mol. The molecule has 0 saturated carbocycles. The molecular formula is C29H30N2O5. The molecule has 2 aromatic carbocycles. The Labute approximate surface area is 209 Å². The number of benzene rings is 2. The highest BCUT2D eigenvalue weighted by molar-refractivity contribution is 6.03. The number of aromatic nitrogens is 1. The maximum Gasteiger partial charge on any atom is 0.328 e. The van der Waals surface area contributed by atoms with Gasteiger partial charge in [-0.25, -0.2) is 0 Å². The van der Waals surface area contributed by atoms with E-state index in [0.717, 1.165) is 28.5 Å². The number of pyridine rings is 1. The van der Waals surface area contributed by atoms with E-state index in [1.807, 2.05) is 59.2 Å². The van der Waals surface area contributed by atoms with Crippen LogP contribution in [0.4, 0.5) is 0 Å². The summed E-state index contributed by atoms with van der Waals surface area (Å²) in [4.78, 5) is 41.9. The van der Waals surface area contributed by atoms with Gasteiger partial charge in [0, 0.05) is 64.1 Å². The Hall–Kier alpha value is -3.45. The smallest absolute Gasteiger partial charge is 0.328 e. The van der Waals surface area contributed by atoms with E-state index in [0.29, 0.717) is 19.6 Å². The highest BCUT2D eigenvalue weighted by atomic mass is 16.7. The van der Waals surface area contributed by atoms with Crippen molar-refractivity contribution in [1.82, 2.24) is 9.47 Å². The van der Waals surface area contributed by atoms with Crippen molar-refractivity contribution in [2.75, 3.05) is 19.6 Å². The Morgan fingerprint density at radius 2 is 1.58 bits per heavy atom. The van der Waals surface area contributed by atoms with Gasteiger partial charge in [-0.05, 0) is 34.7 Å². The van der Waals surface area contributed by atoms with Crippen LogP contribution in [0.15, 0.2) is 65.5 Å². The zero-order valence-corrected chi connectivity index (χ0v) is 20.6. The number of piperidine rings is 1. The normalized spacial score (nSPS) is 24.6. The second kappa shape index (κ2) is 8.30. The maximum atomic E-state index is 13.7. The van der Waals surface area contributed by atoms with Gasteiger partial charge in [0.2, 0.25) is 0 Å². The molecule has 2 saturated heterocycles. The Morgan fingerprint density at radius 1 is 0.861 bits per heavy atom. The molecule has 0 radical (unpaired) electrons. The fraction of sp³-hybridized carbons (Fsp3) is 0.414.